The zero-order valence-corrected chi connectivity index (χ0v) is 13.8. The first-order valence-electron chi connectivity index (χ1n) is 7.21. The van der Waals surface area contributed by atoms with Crippen LogP contribution in [0.4, 0.5) is 5.95 Å². The molecule has 21 heavy (non-hydrogen) atoms. The molecule has 0 fully saturated rings. The quantitative estimate of drug-likeness (QED) is 0.887. The molecule has 0 spiro atoms. The number of aromatic nitrogens is 4. The van der Waals surface area contributed by atoms with Gasteiger partial charge >= 0.3 is 0 Å². The molecule has 0 saturated carbocycles. The first-order valence-corrected chi connectivity index (χ1v) is 7.21. The summed E-state index contributed by atoms with van der Waals surface area (Å²) in [5.41, 5.74) is 4.46. The number of imidazole rings is 1. The maximum Gasteiger partial charge on any atom is 0.203 e. The van der Waals surface area contributed by atoms with Crippen molar-refractivity contribution < 1.29 is 4.74 Å². The molecule has 6 nitrogen and oxygen atoms in total. The molecule has 6 heteroatoms. The minimum Gasteiger partial charge on any atom is -0.383 e. The molecule has 0 saturated heterocycles. The lowest BCUT2D eigenvalue weighted by atomic mass is 10.2. The van der Waals surface area contributed by atoms with E-state index >= 15 is 0 Å². The van der Waals surface area contributed by atoms with E-state index in [-0.39, 0.29) is 6.04 Å². The van der Waals surface area contributed by atoms with Crippen LogP contribution in [-0.4, -0.2) is 33.0 Å². The van der Waals surface area contributed by atoms with E-state index in [2.05, 4.69) is 40.0 Å². The van der Waals surface area contributed by atoms with Crippen molar-refractivity contribution in [2.45, 2.75) is 40.3 Å². The predicted molar refractivity (Wildman–Crippen MR) is 83.6 cm³/mol. The van der Waals surface area contributed by atoms with Crippen LogP contribution in [0.15, 0.2) is 6.20 Å². The van der Waals surface area contributed by atoms with Gasteiger partial charge in [-0.2, -0.15) is 5.10 Å². The van der Waals surface area contributed by atoms with Crippen molar-refractivity contribution in [2.75, 3.05) is 19.0 Å². The molecule has 0 aliphatic heterocycles. The van der Waals surface area contributed by atoms with Crippen molar-refractivity contribution in [3.63, 3.8) is 0 Å². The number of hydrogen-bond acceptors (Lipinski definition) is 4. The lowest BCUT2D eigenvalue weighted by Crippen LogP contribution is -2.14. The average Bonchev–Trinajstić information content (AvgIpc) is 2.90. The molecule has 0 bridgehead atoms. The predicted octanol–water partition coefficient (Wildman–Crippen LogP) is 2.36. The molecule has 0 radical (unpaired) electrons. The van der Waals surface area contributed by atoms with Crippen LogP contribution in [0.3, 0.4) is 0 Å². The standard InChI is InChI=1S/C15H25N5O/c1-10-8-20(11(2)9-21-6)15(17-10)16-7-14-12(3)18-19(5)13(14)4/h8,11H,7,9H2,1-6H3,(H,16,17). The Hall–Kier alpha value is -1.82. The number of methoxy groups -OCH3 is 1. The fourth-order valence-corrected chi connectivity index (χ4v) is 2.55. The second kappa shape index (κ2) is 6.30. The van der Waals surface area contributed by atoms with Gasteiger partial charge < -0.3 is 14.6 Å². The summed E-state index contributed by atoms with van der Waals surface area (Å²) in [6.07, 6.45) is 2.05. The highest BCUT2D eigenvalue weighted by molar-refractivity contribution is 5.34. The smallest absolute Gasteiger partial charge is 0.203 e. The monoisotopic (exact) mass is 291 g/mol. The molecule has 2 rings (SSSR count). The first kappa shape index (κ1) is 15.6. The van der Waals surface area contributed by atoms with Gasteiger partial charge in [-0.3, -0.25) is 4.68 Å². The van der Waals surface area contributed by atoms with Crippen molar-refractivity contribution in [2.24, 2.45) is 7.05 Å². The molecule has 2 heterocycles. The molecule has 1 atom stereocenters. The van der Waals surface area contributed by atoms with Gasteiger partial charge in [0, 0.05) is 38.2 Å². The topological polar surface area (TPSA) is 56.9 Å². The zero-order chi connectivity index (χ0) is 15.6. The van der Waals surface area contributed by atoms with Crippen LogP contribution in [0, 0.1) is 20.8 Å². The molecule has 0 amide bonds. The van der Waals surface area contributed by atoms with Crippen molar-refractivity contribution in [3.05, 3.63) is 28.8 Å². The molecular weight excluding hydrogens is 266 g/mol. The molecule has 1 N–H and O–H groups in total. The highest BCUT2D eigenvalue weighted by Gasteiger charge is 2.14. The molecule has 1 unspecified atom stereocenters. The van der Waals surface area contributed by atoms with Gasteiger partial charge in [0.15, 0.2) is 0 Å². The van der Waals surface area contributed by atoms with E-state index < -0.39 is 0 Å². The Kier molecular flexibility index (Phi) is 4.67. The summed E-state index contributed by atoms with van der Waals surface area (Å²) in [7, 11) is 3.69. The summed E-state index contributed by atoms with van der Waals surface area (Å²) in [5, 5.41) is 7.87. The lowest BCUT2D eigenvalue weighted by Gasteiger charge is -2.16. The molecule has 2 aromatic rings. The van der Waals surface area contributed by atoms with Crippen LogP contribution in [0.5, 0.6) is 0 Å². The summed E-state index contributed by atoms with van der Waals surface area (Å²) in [5.74, 6) is 0.875. The highest BCUT2D eigenvalue weighted by Crippen LogP contribution is 2.19. The van der Waals surface area contributed by atoms with Gasteiger partial charge in [0.2, 0.25) is 5.95 Å². The summed E-state index contributed by atoms with van der Waals surface area (Å²) in [4.78, 5) is 4.56. The molecule has 0 aromatic carbocycles. The van der Waals surface area contributed by atoms with E-state index in [0.29, 0.717) is 6.61 Å². The van der Waals surface area contributed by atoms with Gasteiger partial charge in [-0.15, -0.1) is 0 Å². The molecule has 0 aliphatic carbocycles. The minimum absolute atomic E-state index is 0.245. The Bertz CT molecular complexity index is 614. The Morgan fingerprint density at radius 2 is 2.05 bits per heavy atom. The molecule has 0 aliphatic rings. The van der Waals surface area contributed by atoms with Crippen molar-refractivity contribution >= 4 is 5.95 Å². The average molecular weight is 291 g/mol. The number of ether oxygens (including phenoxy) is 1. The SMILES string of the molecule is COCC(C)n1cc(C)nc1NCc1c(C)nn(C)c1C. The summed E-state index contributed by atoms with van der Waals surface area (Å²) < 4.78 is 9.28. The molecule has 116 valence electrons. The third-order valence-corrected chi connectivity index (χ3v) is 3.82. The van der Waals surface area contributed by atoms with Crippen molar-refractivity contribution in [1.29, 1.82) is 0 Å². The number of hydrogen-bond donors (Lipinski definition) is 1. The molecular formula is C15H25N5O. The normalized spacial score (nSPS) is 12.7. The van der Waals surface area contributed by atoms with Gasteiger partial charge in [0.1, 0.15) is 0 Å². The molecule has 2 aromatic heterocycles. The van der Waals surface area contributed by atoms with Crippen molar-refractivity contribution in [3.8, 4) is 0 Å². The summed E-state index contributed by atoms with van der Waals surface area (Å²) >= 11 is 0. The number of nitrogens with one attached hydrogen (secondary N) is 1. The number of nitrogens with zero attached hydrogens (tertiary/aromatic N) is 4. The fraction of sp³-hybridized carbons (Fsp3) is 0.600. The highest BCUT2D eigenvalue weighted by atomic mass is 16.5. The maximum atomic E-state index is 5.24. The Balaban J connectivity index is 2.16. The maximum absolute atomic E-state index is 5.24. The third kappa shape index (κ3) is 3.26. The third-order valence-electron chi connectivity index (χ3n) is 3.82. The number of aryl methyl sites for hydroxylation is 3. The van der Waals surface area contributed by atoms with E-state index in [4.69, 9.17) is 4.74 Å². The fourth-order valence-electron chi connectivity index (χ4n) is 2.55. The first-order chi connectivity index (χ1) is 9.93. The van der Waals surface area contributed by atoms with Crippen molar-refractivity contribution in [1.82, 2.24) is 19.3 Å². The van der Waals surface area contributed by atoms with Crippen LogP contribution >= 0.6 is 0 Å². The number of anilines is 1. The Labute approximate surface area is 126 Å². The van der Waals surface area contributed by atoms with Gasteiger partial charge in [0.25, 0.3) is 0 Å². The Morgan fingerprint density at radius 1 is 1.33 bits per heavy atom. The van der Waals surface area contributed by atoms with Gasteiger partial charge in [-0.25, -0.2) is 4.98 Å². The summed E-state index contributed by atoms with van der Waals surface area (Å²) in [6, 6.07) is 0.245. The van der Waals surface area contributed by atoms with Crippen LogP contribution in [-0.2, 0) is 18.3 Å². The second-order valence-corrected chi connectivity index (χ2v) is 5.54. The van der Waals surface area contributed by atoms with Crippen LogP contribution in [0.2, 0.25) is 0 Å². The van der Waals surface area contributed by atoms with Crippen LogP contribution < -0.4 is 5.32 Å². The lowest BCUT2D eigenvalue weighted by molar-refractivity contribution is 0.163. The minimum atomic E-state index is 0.245. The zero-order valence-electron chi connectivity index (χ0n) is 13.8. The van der Waals surface area contributed by atoms with E-state index in [9.17, 15) is 0 Å². The van der Waals surface area contributed by atoms with Gasteiger partial charge in [0.05, 0.1) is 24.0 Å². The van der Waals surface area contributed by atoms with Crippen LogP contribution in [0.25, 0.3) is 0 Å². The van der Waals surface area contributed by atoms with Gasteiger partial charge in [-0.05, 0) is 27.7 Å². The second-order valence-electron chi connectivity index (χ2n) is 5.54. The van der Waals surface area contributed by atoms with E-state index in [1.165, 1.54) is 11.3 Å². The Morgan fingerprint density at radius 3 is 2.62 bits per heavy atom. The van der Waals surface area contributed by atoms with E-state index in [0.717, 1.165) is 23.9 Å². The van der Waals surface area contributed by atoms with Gasteiger partial charge in [-0.1, -0.05) is 0 Å². The largest absolute Gasteiger partial charge is 0.383 e. The number of rotatable bonds is 6. The summed E-state index contributed by atoms with van der Waals surface area (Å²) in [6.45, 7) is 9.63. The van der Waals surface area contributed by atoms with Crippen LogP contribution in [0.1, 0.15) is 35.6 Å². The van der Waals surface area contributed by atoms with E-state index in [1.54, 1.807) is 7.11 Å². The van der Waals surface area contributed by atoms with E-state index in [1.807, 2.05) is 25.6 Å².